The summed E-state index contributed by atoms with van der Waals surface area (Å²) in [4.78, 5) is 17.0. The molecule has 1 aromatic heterocycles. The highest BCUT2D eigenvalue weighted by Gasteiger charge is 2.36. The van der Waals surface area contributed by atoms with Crippen LogP contribution in [0.4, 0.5) is 18.0 Å². The average molecular weight is 504 g/mol. The lowest BCUT2D eigenvalue weighted by atomic mass is 9.82. The van der Waals surface area contributed by atoms with E-state index in [1.807, 2.05) is 6.07 Å². The number of rotatable bonds is 4. The van der Waals surface area contributed by atoms with E-state index < -0.39 is 17.3 Å². The fraction of sp³-hybridized carbons (Fsp3) is 0.577. The molecule has 2 aromatic rings. The van der Waals surface area contributed by atoms with Gasteiger partial charge in [0.2, 0.25) is 0 Å². The second kappa shape index (κ2) is 10.1. The number of H-pyrrole nitrogens is 1. The highest BCUT2D eigenvalue weighted by atomic mass is 19.4. The molecule has 2 aliphatic heterocycles. The number of hydrogen-bond acceptors (Lipinski definition) is 4. The van der Waals surface area contributed by atoms with E-state index in [9.17, 15) is 23.1 Å². The van der Waals surface area contributed by atoms with Crippen molar-refractivity contribution in [3.63, 3.8) is 0 Å². The second-order valence-electron chi connectivity index (χ2n) is 10.6. The van der Waals surface area contributed by atoms with Crippen molar-refractivity contribution in [1.29, 1.82) is 5.26 Å². The molecular weight excluding hydrogens is 471 g/mol. The van der Waals surface area contributed by atoms with E-state index >= 15 is 0 Å². The Kier molecular flexibility index (Phi) is 7.32. The van der Waals surface area contributed by atoms with Crippen molar-refractivity contribution in [3.05, 3.63) is 52.8 Å². The van der Waals surface area contributed by atoms with E-state index in [0.717, 1.165) is 29.1 Å². The quantitative estimate of drug-likeness (QED) is 0.634. The molecule has 0 spiro atoms. The third-order valence-corrected chi connectivity index (χ3v) is 7.07. The molecule has 0 aliphatic carbocycles. The monoisotopic (exact) mass is 503 g/mol. The van der Waals surface area contributed by atoms with Gasteiger partial charge in [0.25, 0.3) is 0 Å². The Morgan fingerprint density at radius 1 is 1.14 bits per heavy atom. The predicted octanol–water partition coefficient (Wildman–Crippen LogP) is 4.67. The van der Waals surface area contributed by atoms with Gasteiger partial charge in [-0.2, -0.15) is 23.5 Å². The molecule has 2 fully saturated rings. The summed E-state index contributed by atoms with van der Waals surface area (Å²) in [6.45, 7) is 5.30. The molecule has 2 amide bonds. The van der Waals surface area contributed by atoms with Gasteiger partial charge in [-0.25, -0.2) is 4.79 Å². The van der Waals surface area contributed by atoms with Crippen molar-refractivity contribution in [2.24, 2.45) is 5.92 Å². The molecule has 2 saturated heterocycles. The third kappa shape index (κ3) is 6.19. The van der Waals surface area contributed by atoms with Crippen molar-refractivity contribution < 1.29 is 23.1 Å². The number of benzene rings is 1. The van der Waals surface area contributed by atoms with Crippen LogP contribution in [0.2, 0.25) is 0 Å². The van der Waals surface area contributed by atoms with Gasteiger partial charge in [0.1, 0.15) is 0 Å². The van der Waals surface area contributed by atoms with Crippen LogP contribution < -0.4 is 0 Å². The van der Waals surface area contributed by atoms with Gasteiger partial charge in [-0.15, -0.1) is 0 Å². The van der Waals surface area contributed by atoms with Gasteiger partial charge < -0.3 is 14.9 Å². The summed E-state index contributed by atoms with van der Waals surface area (Å²) in [5.74, 6) is -0.305. The first-order valence-corrected chi connectivity index (χ1v) is 12.3. The van der Waals surface area contributed by atoms with Crippen LogP contribution in [0.15, 0.2) is 30.3 Å². The Morgan fingerprint density at radius 3 is 2.36 bits per heavy atom. The Bertz CT molecular complexity index is 1090. The van der Waals surface area contributed by atoms with Gasteiger partial charge in [0, 0.05) is 56.0 Å². The number of carbonyl (C=O) groups is 1. The number of aromatic nitrogens is 2. The molecule has 2 atom stereocenters. The second-order valence-corrected chi connectivity index (χ2v) is 10.6. The normalized spacial score (nSPS) is 21.9. The summed E-state index contributed by atoms with van der Waals surface area (Å²) >= 11 is 0. The molecule has 2 N–H and O–H groups in total. The molecular formula is C26H32F3N5O2. The number of likely N-dealkylation sites (tertiary alicyclic amines) is 2. The maximum absolute atomic E-state index is 13.4. The first-order valence-electron chi connectivity index (χ1n) is 12.3. The van der Waals surface area contributed by atoms with Crippen molar-refractivity contribution in [3.8, 4) is 6.07 Å². The van der Waals surface area contributed by atoms with E-state index in [2.05, 4.69) is 16.3 Å². The lowest BCUT2D eigenvalue weighted by molar-refractivity contribution is -0.137. The molecule has 194 valence electrons. The van der Waals surface area contributed by atoms with Gasteiger partial charge >= 0.3 is 12.2 Å². The Morgan fingerprint density at radius 2 is 1.78 bits per heavy atom. The standard InChI is InChI=1S/C26H32F3N5O2/c1-25(2,36)13-22-12-23(32-31-22)20-11-19(18-3-5-21(6-4-18)26(27,28)29)15-34(16-20)24(35)33-9-7-17(14-30)8-10-33/h3-6,12,17,19-20,36H,7-11,13,15-16H2,1-2H3,(H,31,32). The van der Waals surface area contributed by atoms with Crippen molar-refractivity contribution >= 4 is 6.03 Å². The number of nitrogens with zero attached hydrogens (tertiary/aromatic N) is 4. The molecule has 0 saturated carbocycles. The van der Waals surface area contributed by atoms with Gasteiger partial charge in [0.15, 0.2) is 0 Å². The zero-order valence-corrected chi connectivity index (χ0v) is 20.6. The number of aliphatic hydroxyl groups is 1. The molecule has 10 heteroatoms. The summed E-state index contributed by atoms with van der Waals surface area (Å²) in [5, 5.41) is 26.7. The summed E-state index contributed by atoms with van der Waals surface area (Å²) in [6.07, 6.45) is -2.09. The zero-order valence-electron chi connectivity index (χ0n) is 20.6. The number of aromatic amines is 1. The van der Waals surface area contributed by atoms with Gasteiger partial charge in [0.05, 0.1) is 22.9 Å². The first kappa shape index (κ1) is 26.0. The number of piperidine rings is 2. The van der Waals surface area contributed by atoms with Gasteiger partial charge in [-0.1, -0.05) is 12.1 Å². The SMILES string of the molecule is CC(C)(O)Cc1cc(C2CC(c3ccc(C(F)(F)F)cc3)CN(C(=O)N3CCC(C#N)CC3)C2)n[nH]1. The average Bonchev–Trinajstić information content (AvgIpc) is 3.30. The number of amides is 2. The minimum atomic E-state index is -4.41. The van der Waals surface area contributed by atoms with Crippen molar-refractivity contribution in [1.82, 2.24) is 20.0 Å². The molecule has 2 aliphatic rings. The van der Waals surface area contributed by atoms with Crippen LogP contribution in [-0.2, 0) is 12.6 Å². The largest absolute Gasteiger partial charge is 0.416 e. The fourth-order valence-electron chi connectivity index (χ4n) is 5.20. The molecule has 0 bridgehead atoms. The number of nitriles is 1. The molecule has 7 nitrogen and oxygen atoms in total. The molecule has 3 heterocycles. The van der Waals surface area contributed by atoms with Crippen LogP contribution in [0, 0.1) is 17.2 Å². The maximum atomic E-state index is 13.4. The molecule has 1 aromatic carbocycles. The Hall–Kier alpha value is -3.06. The van der Waals surface area contributed by atoms with Crippen molar-refractivity contribution in [2.45, 2.75) is 63.1 Å². The lowest BCUT2D eigenvalue weighted by Gasteiger charge is -2.41. The summed E-state index contributed by atoms with van der Waals surface area (Å²) in [6, 6.07) is 9.25. The Labute approximate surface area is 208 Å². The third-order valence-electron chi connectivity index (χ3n) is 7.07. The van der Waals surface area contributed by atoms with Gasteiger partial charge in [-0.3, -0.25) is 5.10 Å². The van der Waals surface area contributed by atoms with Crippen LogP contribution in [-0.4, -0.2) is 62.9 Å². The number of hydrogen-bond donors (Lipinski definition) is 2. The number of alkyl halides is 3. The predicted molar refractivity (Wildman–Crippen MR) is 127 cm³/mol. The Balaban J connectivity index is 1.57. The van der Waals surface area contributed by atoms with Crippen LogP contribution in [0.1, 0.15) is 67.5 Å². The van der Waals surface area contributed by atoms with Gasteiger partial charge in [-0.05, 0) is 56.9 Å². The van der Waals surface area contributed by atoms with Crippen LogP contribution in [0.5, 0.6) is 0 Å². The lowest BCUT2D eigenvalue weighted by Crippen LogP contribution is -2.51. The summed E-state index contributed by atoms with van der Waals surface area (Å²) in [5.41, 5.74) is 0.699. The van der Waals surface area contributed by atoms with Crippen LogP contribution in [0.3, 0.4) is 0 Å². The fourth-order valence-corrected chi connectivity index (χ4v) is 5.20. The van der Waals surface area contributed by atoms with E-state index in [4.69, 9.17) is 5.26 Å². The maximum Gasteiger partial charge on any atom is 0.416 e. The smallest absolute Gasteiger partial charge is 0.390 e. The summed E-state index contributed by atoms with van der Waals surface area (Å²) < 4.78 is 39.3. The van der Waals surface area contributed by atoms with E-state index in [0.29, 0.717) is 51.9 Å². The molecule has 0 radical (unpaired) electrons. The van der Waals surface area contributed by atoms with E-state index in [1.165, 1.54) is 12.1 Å². The van der Waals surface area contributed by atoms with Crippen LogP contribution >= 0.6 is 0 Å². The highest BCUT2D eigenvalue weighted by molar-refractivity contribution is 5.75. The van der Waals surface area contributed by atoms with Crippen molar-refractivity contribution in [2.75, 3.05) is 26.2 Å². The highest BCUT2D eigenvalue weighted by Crippen LogP contribution is 2.38. The molecule has 4 rings (SSSR count). The first-order chi connectivity index (χ1) is 16.9. The minimum Gasteiger partial charge on any atom is -0.390 e. The van der Waals surface area contributed by atoms with E-state index in [1.54, 1.807) is 23.6 Å². The molecule has 2 unspecified atom stereocenters. The number of nitrogens with one attached hydrogen (secondary N) is 1. The van der Waals surface area contributed by atoms with E-state index in [-0.39, 0.29) is 23.8 Å². The number of carbonyl (C=O) groups excluding carboxylic acids is 1. The zero-order chi connectivity index (χ0) is 26.1. The molecule has 36 heavy (non-hydrogen) atoms. The topological polar surface area (TPSA) is 96.2 Å². The summed E-state index contributed by atoms with van der Waals surface area (Å²) in [7, 11) is 0. The van der Waals surface area contributed by atoms with Crippen LogP contribution in [0.25, 0.3) is 0 Å². The minimum absolute atomic E-state index is 0.0405. The number of halogens is 3. The number of urea groups is 1.